The molecular weight excluding hydrogens is 270 g/mol. The van der Waals surface area contributed by atoms with Crippen LogP contribution in [0.25, 0.3) is 6.08 Å². The lowest BCUT2D eigenvalue weighted by Gasteiger charge is -2.17. The first-order valence-electron chi connectivity index (χ1n) is 6.54. The molecule has 1 aromatic rings. The van der Waals surface area contributed by atoms with Gasteiger partial charge in [0.2, 0.25) is 5.75 Å². The molecule has 2 rings (SSSR count). The summed E-state index contributed by atoms with van der Waals surface area (Å²) in [5.74, 6) is 1.62. The molecule has 0 amide bonds. The fourth-order valence-corrected chi connectivity index (χ4v) is 2.24. The molecule has 0 aliphatic carbocycles. The Morgan fingerprint density at radius 3 is 2.24 bits per heavy atom. The number of methoxy groups -OCH3 is 3. The molecule has 0 aromatic heterocycles. The highest BCUT2D eigenvalue weighted by atomic mass is 16.5. The summed E-state index contributed by atoms with van der Waals surface area (Å²) in [6.45, 7) is 4.82. The van der Waals surface area contributed by atoms with Crippen LogP contribution in [0, 0.1) is 0 Å². The van der Waals surface area contributed by atoms with E-state index in [2.05, 4.69) is 11.9 Å². The number of piperidine rings is 1. The molecule has 0 saturated carbocycles. The number of nitrogens with one attached hydrogen (secondary N) is 1. The average molecular weight is 289 g/mol. The molecular formula is C16H19NO4. The van der Waals surface area contributed by atoms with Gasteiger partial charge in [-0.05, 0) is 23.8 Å². The first-order valence-corrected chi connectivity index (χ1v) is 6.54. The molecule has 1 aliphatic rings. The molecule has 1 aliphatic heterocycles. The third-order valence-corrected chi connectivity index (χ3v) is 3.29. The molecule has 0 bridgehead atoms. The van der Waals surface area contributed by atoms with Gasteiger partial charge in [-0.3, -0.25) is 4.79 Å². The highest BCUT2D eigenvalue weighted by molar-refractivity contribution is 6.11. The highest BCUT2D eigenvalue weighted by Gasteiger charge is 2.19. The standard InChI is InChI=1S/C16H19NO4/c1-10-8-17-9-12(15(10)18)5-11-6-13(19-2)16(21-4)14(7-11)20-3/h5-7,17H,1,8-9H2,2-4H3. The lowest BCUT2D eigenvalue weighted by Crippen LogP contribution is -2.32. The summed E-state index contributed by atoms with van der Waals surface area (Å²) in [7, 11) is 4.67. The lowest BCUT2D eigenvalue weighted by molar-refractivity contribution is -0.112. The predicted octanol–water partition coefficient (Wildman–Crippen LogP) is 1.82. The van der Waals surface area contributed by atoms with Gasteiger partial charge in [0.25, 0.3) is 0 Å². The van der Waals surface area contributed by atoms with Crippen molar-refractivity contribution in [3.05, 3.63) is 35.4 Å². The van der Waals surface area contributed by atoms with Crippen molar-refractivity contribution in [3.8, 4) is 17.2 Å². The highest BCUT2D eigenvalue weighted by Crippen LogP contribution is 2.38. The minimum Gasteiger partial charge on any atom is -0.493 e. The molecule has 0 atom stereocenters. The summed E-state index contributed by atoms with van der Waals surface area (Å²) in [5, 5.41) is 3.14. The van der Waals surface area contributed by atoms with Crippen molar-refractivity contribution >= 4 is 11.9 Å². The third kappa shape index (κ3) is 3.08. The maximum absolute atomic E-state index is 12.1. The number of carbonyl (C=O) groups excluding carboxylic acids is 1. The summed E-state index contributed by atoms with van der Waals surface area (Å²) in [6, 6.07) is 3.61. The Hall–Kier alpha value is -2.27. The maximum Gasteiger partial charge on any atom is 0.203 e. The number of benzene rings is 1. The molecule has 1 aromatic carbocycles. The van der Waals surface area contributed by atoms with Crippen molar-refractivity contribution in [2.45, 2.75) is 0 Å². The Bertz CT molecular complexity index is 579. The normalized spacial score (nSPS) is 17.0. The van der Waals surface area contributed by atoms with Crippen LogP contribution in [0.4, 0.5) is 0 Å². The van der Waals surface area contributed by atoms with E-state index in [1.165, 1.54) is 0 Å². The second kappa shape index (κ2) is 6.45. The smallest absolute Gasteiger partial charge is 0.203 e. The van der Waals surface area contributed by atoms with Crippen molar-refractivity contribution in [2.75, 3.05) is 34.4 Å². The maximum atomic E-state index is 12.1. The van der Waals surface area contributed by atoms with Gasteiger partial charge >= 0.3 is 0 Å². The van der Waals surface area contributed by atoms with Gasteiger partial charge in [-0.15, -0.1) is 0 Å². The van der Waals surface area contributed by atoms with Gasteiger partial charge in [0.05, 0.1) is 21.3 Å². The topological polar surface area (TPSA) is 56.8 Å². The van der Waals surface area contributed by atoms with Crippen LogP contribution in [0.2, 0.25) is 0 Å². The Kier molecular flexibility index (Phi) is 4.65. The van der Waals surface area contributed by atoms with Gasteiger partial charge in [0.15, 0.2) is 17.3 Å². The van der Waals surface area contributed by atoms with E-state index in [1.54, 1.807) is 33.5 Å². The summed E-state index contributed by atoms with van der Waals surface area (Å²) in [4.78, 5) is 12.1. The van der Waals surface area contributed by atoms with E-state index in [0.29, 0.717) is 41.5 Å². The van der Waals surface area contributed by atoms with Gasteiger partial charge in [-0.25, -0.2) is 0 Å². The minimum absolute atomic E-state index is 0.0116. The molecule has 5 nitrogen and oxygen atoms in total. The van der Waals surface area contributed by atoms with Gasteiger partial charge in [0.1, 0.15) is 0 Å². The number of ether oxygens (including phenoxy) is 3. The van der Waals surface area contributed by atoms with Crippen molar-refractivity contribution < 1.29 is 19.0 Å². The second-order valence-corrected chi connectivity index (χ2v) is 4.66. The van der Waals surface area contributed by atoms with E-state index in [-0.39, 0.29) is 5.78 Å². The molecule has 21 heavy (non-hydrogen) atoms. The van der Waals surface area contributed by atoms with Crippen LogP contribution in [0.3, 0.4) is 0 Å². The van der Waals surface area contributed by atoms with E-state index in [9.17, 15) is 4.79 Å². The Balaban J connectivity index is 2.44. The van der Waals surface area contributed by atoms with Crippen LogP contribution in [0.15, 0.2) is 29.9 Å². The van der Waals surface area contributed by atoms with Crippen LogP contribution in [0.5, 0.6) is 17.2 Å². The van der Waals surface area contributed by atoms with Crippen molar-refractivity contribution in [3.63, 3.8) is 0 Å². The fraction of sp³-hybridized carbons (Fsp3) is 0.312. The van der Waals surface area contributed by atoms with Crippen LogP contribution in [-0.2, 0) is 4.79 Å². The lowest BCUT2D eigenvalue weighted by atomic mass is 9.98. The molecule has 0 spiro atoms. The SMILES string of the molecule is C=C1CNCC(=Cc2cc(OC)c(OC)c(OC)c2)C1=O. The minimum atomic E-state index is -0.0116. The van der Waals surface area contributed by atoms with Crippen molar-refractivity contribution in [1.82, 2.24) is 5.32 Å². The summed E-state index contributed by atoms with van der Waals surface area (Å²) < 4.78 is 15.9. The van der Waals surface area contributed by atoms with Crippen LogP contribution >= 0.6 is 0 Å². The molecule has 1 fully saturated rings. The van der Waals surface area contributed by atoms with Crippen LogP contribution in [-0.4, -0.2) is 40.2 Å². The Morgan fingerprint density at radius 1 is 1.10 bits per heavy atom. The number of hydrogen-bond donors (Lipinski definition) is 1. The Labute approximate surface area is 124 Å². The van der Waals surface area contributed by atoms with Crippen LogP contribution < -0.4 is 19.5 Å². The van der Waals surface area contributed by atoms with Crippen molar-refractivity contribution in [1.29, 1.82) is 0 Å². The quantitative estimate of drug-likeness (QED) is 0.857. The zero-order valence-electron chi connectivity index (χ0n) is 12.5. The van der Waals surface area contributed by atoms with Crippen molar-refractivity contribution in [2.24, 2.45) is 0 Å². The van der Waals surface area contributed by atoms with Gasteiger partial charge in [0, 0.05) is 24.2 Å². The van der Waals surface area contributed by atoms with E-state index < -0.39 is 0 Å². The Morgan fingerprint density at radius 2 is 1.71 bits per heavy atom. The number of Topliss-reactive ketones (excluding diaryl/α,β-unsaturated/α-hetero) is 1. The number of hydrogen-bond acceptors (Lipinski definition) is 5. The zero-order valence-corrected chi connectivity index (χ0v) is 12.5. The van der Waals surface area contributed by atoms with Crippen LogP contribution in [0.1, 0.15) is 5.56 Å². The van der Waals surface area contributed by atoms with E-state index in [4.69, 9.17) is 14.2 Å². The first kappa shape index (κ1) is 15.1. The van der Waals surface area contributed by atoms with E-state index in [0.717, 1.165) is 5.56 Å². The number of rotatable bonds is 4. The molecule has 1 saturated heterocycles. The number of carbonyl (C=O) groups is 1. The molecule has 5 heteroatoms. The molecule has 1 heterocycles. The molecule has 0 radical (unpaired) electrons. The summed E-state index contributed by atoms with van der Waals surface area (Å²) in [5.41, 5.74) is 2.05. The monoisotopic (exact) mass is 289 g/mol. The molecule has 112 valence electrons. The largest absolute Gasteiger partial charge is 0.493 e. The zero-order chi connectivity index (χ0) is 15.4. The van der Waals surface area contributed by atoms with Gasteiger partial charge in [-0.1, -0.05) is 6.58 Å². The molecule has 0 unspecified atom stereocenters. The number of ketones is 1. The first-order chi connectivity index (χ1) is 10.1. The van der Waals surface area contributed by atoms with E-state index in [1.807, 2.05) is 6.08 Å². The van der Waals surface area contributed by atoms with E-state index >= 15 is 0 Å². The second-order valence-electron chi connectivity index (χ2n) is 4.66. The summed E-state index contributed by atoms with van der Waals surface area (Å²) in [6.07, 6.45) is 1.81. The van der Waals surface area contributed by atoms with Gasteiger partial charge in [-0.2, -0.15) is 0 Å². The average Bonchev–Trinajstić information content (AvgIpc) is 2.50. The fourth-order valence-electron chi connectivity index (χ4n) is 2.24. The third-order valence-electron chi connectivity index (χ3n) is 3.29. The summed E-state index contributed by atoms with van der Waals surface area (Å²) >= 11 is 0. The molecule has 1 N–H and O–H groups in total. The predicted molar refractivity (Wildman–Crippen MR) is 81.1 cm³/mol. The van der Waals surface area contributed by atoms with Gasteiger partial charge < -0.3 is 19.5 Å².